The molecule has 0 bridgehead atoms. The summed E-state index contributed by atoms with van der Waals surface area (Å²) in [6.45, 7) is 4.41. The van der Waals surface area contributed by atoms with Crippen LogP contribution in [0.1, 0.15) is 19.6 Å². The highest BCUT2D eigenvalue weighted by molar-refractivity contribution is 5.57. The van der Waals surface area contributed by atoms with Crippen LogP contribution in [0.25, 0.3) is 11.3 Å². The number of terminal acetylenes is 1. The lowest BCUT2D eigenvalue weighted by Crippen LogP contribution is -2.36. The van der Waals surface area contributed by atoms with Crippen LogP contribution >= 0.6 is 0 Å². The van der Waals surface area contributed by atoms with E-state index in [0.29, 0.717) is 6.54 Å². The van der Waals surface area contributed by atoms with Gasteiger partial charge in [-0.15, -0.1) is 6.42 Å². The topological polar surface area (TPSA) is 25.2 Å². The molecule has 1 N–H and O–H groups in total. The lowest BCUT2D eigenvalue weighted by molar-refractivity contribution is 0.433. The number of benzene rings is 1. The third kappa shape index (κ3) is 3.46. The standard InChI is InChI=1S/C16H16FNO/c1-4-16(2,3)18-11-14-9-10-15(19-14)12-5-7-13(17)8-6-12/h1,5-10,18H,11H2,2-3H3. The molecule has 0 unspecified atom stereocenters. The van der Waals surface area contributed by atoms with E-state index in [-0.39, 0.29) is 11.4 Å². The summed E-state index contributed by atoms with van der Waals surface area (Å²) in [7, 11) is 0. The van der Waals surface area contributed by atoms with Gasteiger partial charge in [-0.3, -0.25) is 5.32 Å². The van der Waals surface area contributed by atoms with Crippen LogP contribution in [0.2, 0.25) is 0 Å². The van der Waals surface area contributed by atoms with Gasteiger partial charge < -0.3 is 4.42 Å². The number of rotatable bonds is 4. The number of nitrogens with one attached hydrogen (secondary N) is 1. The molecule has 0 aliphatic rings. The van der Waals surface area contributed by atoms with E-state index in [1.165, 1.54) is 12.1 Å². The summed E-state index contributed by atoms with van der Waals surface area (Å²) in [5, 5.41) is 3.21. The second-order valence-corrected chi connectivity index (χ2v) is 4.90. The van der Waals surface area contributed by atoms with Crippen molar-refractivity contribution in [3.05, 3.63) is 48.0 Å². The van der Waals surface area contributed by atoms with E-state index in [1.54, 1.807) is 12.1 Å². The Bertz CT molecular complexity index is 590. The second kappa shape index (κ2) is 5.29. The van der Waals surface area contributed by atoms with Crippen LogP contribution in [0.5, 0.6) is 0 Å². The van der Waals surface area contributed by atoms with Crippen molar-refractivity contribution in [2.45, 2.75) is 25.9 Å². The summed E-state index contributed by atoms with van der Waals surface area (Å²) in [6, 6.07) is 9.97. The predicted molar refractivity (Wildman–Crippen MR) is 73.9 cm³/mol. The van der Waals surface area contributed by atoms with Crippen molar-refractivity contribution < 1.29 is 8.81 Å². The van der Waals surface area contributed by atoms with Crippen LogP contribution in [0.4, 0.5) is 4.39 Å². The fourth-order valence-corrected chi connectivity index (χ4v) is 1.60. The highest BCUT2D eigenvalue weighted by atomic mass is 19.1. The molecule has 2 aromatic rings. The van der Waals surface area contributed by atoms with Gasteiger partial charge >= 0.3 is 0 Å². The van der Waals surface area contributed by atoms with Gasteiger partial charge in [-0.1, -0.05) is 5.92 Å². The van der Waals surface area contributed by atoms with Crippen molar-refractivity contribution in [2.24, 2.45) is 0 Å². The molecule has 98 valence electrons. The average molecular weight is 257 g/mol. The van der Waals surface area contributed by atoms with Crippen molar-refractivity contribution in [1.82, 2.24) is 5.32 Å². The third-order valence-corrected chi connectivity index (χ3v) is 2.86. The number of hydrogen-bond acceptors (Lipinski definition) is 2. The Balaban J connectivity index is 2.07. The zero-order valence-electron chi connectivity index (χ0n) is 11.0. The second-order valence-electron chi connectivity index (χ2n) is 4.90. The van der Waals surface area contributed by atoms with Gasteiger partial charge in [0.2, 0.25) is 0 Å². The minimum absolute atomic E-state index is 0.257. The first-order chi connectivity index (χ1) is 9.00. The van der Waals surface area contributed by atoms with Crippen LogP contribution in [-0.2, 0) is 6.54 Å². The maximum absolute atomic E-state index is 12.8. The van der Waals surface area contributed by atoms with Crippen LogP contribution in [0, 0.1) is 18.2 Å². The van der Waals surface area contributed by atoms with E-state index >= 15 is 0 Å². The summed E-state index contributed by atoms with van der Waals surface area (Å²) in [6.07, 6.45) is 5.40. The Morgan fingerprint density at radius 2 is 1.89 bits per heavy atom. The normalized spacial score (nSPS) is 11.3. The highest BCUT2D eigenvalue weighted by Crippen LogP contribution is 2.22. The first-order valence-electron chi connectivity index (χ1n) is 6.08. The molecular formula is C16H16FNO. The highest BCUT2D eigenvalue weighted by Gasteiger charge is 2.13. The van der Waals surface area contributed by atoms with Gasteiger partial charge in [-0.25, -0.2) is 4.39 Å². The Morgan fingerprint density at radius 1 is 1.21 bits per heavy atom. The molecule has 0 fully saturated rings. The van der Waals surface area contributed by atoms with Crippen molar-refractivity contribution >= 4 is 0 Å². The molecular weight excluding hydrogens is 241 g/mol. The van der Waals surface area contributed by atoms with Crippen LogP contribution in [-0.4, -0.2) is 5.54 Å². The molecule has 2 nitrogen and oxygen atoms in total. The lowest BCUT2D eigenvalue weighted by Gasteiger charge is -2.18. The molecule has 0 saturated heterocycles. The molecule has 0 radical (unpaired) electrons. The smallest absolute Gasteiger partial charge is 0.134 e. The summed E-state index contributed by atoms with van der Waals surface area (Å²) in [5.74, 6) is 3.92. The van der Waals surface area contributed by atoms with E-state index < -0.39 is 0 Å². The van der Waals surface area contributed by atoms with E-state index in [9.17, 15) is 4.39 Å². The van der Waals surface area contributed by atoms with Crippen LogP contribution in [0.3, 0.4) is 0 Å². The van der Waals surface area contributed by atoms with Gasteiger partial charge in [0.1, 0.15) is 17.3 Å². The first-order valence-corrected chi connectivity index (χ1v) is 6.08. The monoisotopic (exact) mass is 257 g/mol. The fourth-order valence-electron chi connectivity index (χ4n) is 1.60. The molecule has 1 aromatic heterocycles. The van der Waals surface area contributed by atoms with Gasteiger partial charge in [0, 0.05) is 5.56 Å². The maximum Gasteiger partial charge on any atom is 0.134 e. The molecule has 0 atom stereocenters. The SMILES string of the molecule is C#CC(C)(C)NCc1ccc(-c2ccc(F)cc2)o1. The molecule has 2 rings (SSSR count). The van der Waals surface area contributed by atoms with Crippen molar-refractivity contribution in [2.75, 3.05) is 0 Å². The van der Waals surface area contributed by atoms with Gasteiger partial charge in [-0.2, -0.15) is 0 Å². The molecule has 0 saturated carbocycles. The van der Waals surface area contributed by atoms with Gasteiger partial charge in [0.05, 0.1) is 12.1 Å². The van der Waals surface area contributed by atoms with E-state index in [2.05, 4.69) is 11.2 Å². The van der Waals surface area contributed by atoms with Crippen molar-refractivity contribution in [3.8, 4) is 23.7 Å². The average Bonchev–Trinajstić information content (AvgIpc) is 2.86. The fraction of sp³-hybridized carbons (Fsp3) is 0.250. The summed E-state index contributed by atoms with van der Waals surface area (Å²) < 4.78 is 18.5. The number of hydrogen-bond donors (Lipinski definition) is 1. The zero-order valence-corrected chi connectivity index (χ0v) is 11.0. The lowest BCUT2D eigenvalue weighted by atomic mass is 10.1. The molecule has 0 aliphatic heterocycles. The minimum Gasteiger partial charge on any atom is -0.460 e. The molecule has 3 heteroatoms. The Kier molecular flexibility index (Phi) is 3.73. The van der Waals surface area contributed by atoms with Crippen LogP contribution < -0.4 is 5.32 Å². The van der Waals surface area contributed by atoms with Crippen molar-refractivity contribution in [3.63, 3.8) is 0 Å². The molecule has 0 spiro atoms. The van der Waals surface area contributed by atoms with Crippen molar-refractivity contribution in [1.29, 1.82) is 0 Å². The van der Waals surface area contributed by atoms with Gasteiger partial charge in [0.25, 0.3) is 0 Å². The van der Waals surface area contributed by atoms with E-state index in [0.717, 1.165) is 17.1 Å². The first kappa shape index (κ1) is 13.4. The number of halogens is 1. The molecule has 19 heavy (non-hydrogen) atoms. The zero-order chi connectivity index (χ0) is 13.9. The third-order valence-electron chi connectivity index (χ3n) is 2.86. The minimum atomic E-state index is -0.372. The molecule has 1 aromatic carbocycles. The predicted octanol–water partition coefficient (Wildman–Crippen LogP) is 3.59. The molecule has 0 amide bonds. The van der Waals surface area contributed by atoms with Gasteiger partial charge in [0.15, 0.2) is 0 Å². The number of furan rings is 1. The van der Waals surface area contributed by atoms with E-state index in [4.69, 9.17) is 10.8 Å². The molecule has 1 heterocycles. The summed E-state index contributed by atoms with van der Waals surface area (Å²) >= 11 is 0. The molecule has 0 aliphatic carbocycles. The summed E-state index contributed by atoms with van der Waals surface area (Å²) in [4.78, 5) is 0. The Labute approximate surface area is 112 Å². The van der Waals surface area contributed by atoms with Crippen LogP contribution in [0.15, 0.2) is 40.8 Å². The van der Waals surface area contributed by atoms with E-state index in [1.807, 2.05) is 26.0 Å². The Hall–Kier alpha value is -2.05. The Morgan fingerprint density at radius 3 is 2.53 bits per heavy atom. The summed E-state index contributed by atoms with van der Waals surface area (Å²) in [5.41, 5.74) is 0.479. The quantitative estimate of drug-likeness (QED) is 0.847. The van der Waals surface area contributed by atoms with Gasteiger partial charge in [-0.05, 0) is 50.2 Å². The maximum atomic E-state index is 12.8. The largest absolute Gasteiger partial charge is 0.460 e.